The molecule has 1 atom stereocenters. The number of hydrogen-bond donors (Lipinski definition) is 3. The van der Waals surface area contributed by atoms with Crippen LogP contribution in [0.2, 0.25) is 0 Å². The van der Waals surface area contributed by atoms with E-state index in [1.807, 2.05) is 0 Å². The van der Waals surface area contributed by atoms with Gasteiger partial charge in [0.25, 0.3) is 0 Å². The first-order valence-corrected chi connectivity index (χ1v) is 8.52. The summed E-state index contributed by atoms with van der Waals surface area (Å²) in [7, 11) is -3.26. The van der Waals surface area contributed by atoms with E-state index < -0.39 is 27.9 Å². The normalized spacial score (nSPS) is 18.1. The fraction of sp³-hybridized carbons (Fsp3) is 0.818. The van der Waals surface area contributed by atoms with Gasteiger partial charge in [0.05, 0.1) is 5.75 Å². The molecule has 0 aromatic carbocycles. The van der Waals surface area contributed by atoms with Crippen molar-refractivity contribution in [2.75, 3.05) is 38.2 Å². The summed E-state index contributed by atoms with van der Waals surface area (Å²) in [6, 6.07) is -1.65. The number of urea groups is 1. The van der Waals surface area contributed by atoms with E-state index in [9.17, 15) is 18.0 Å². The van der Waals surface area contributed by atoms with E-state index in [2.05, 4.69) is 10.6 Å². The predicted molar refractivity (Wildman–Crippen MR) is 73.3 cm³/mol. The average molecular weight is 307 g/mol. The van der Waals surface area contributed by atoms with Crippen LogP contribution < -0.4 is 10.6 Å². The van der Waals surface area contributed by atoms with Crippen molar-refractivity contribution in [2.45, 2.75) is 18.9 Å². The summed E-state index contributed by atoms with van der Waals surface area (Å²) < 4.78 is 22.1. The number of nitrogens with zero attached hydrogens (tertiary/aromatic N) is 1. The quantitative estimate of drug-likeness (QED) is 0.592. The molecule has 9 heteroatoms. The minimum Gasteiger partial charge on any atom is -0.480 e. The van der Waals surface area contributed by atoms with Gasteiger partial charge in [0.2, 0.25) is 0 Å². The Hall–Kier alpha value is -1.35. The second-order valence-corrected chi connectivity index (χ2v) is 7.11. The maximum atomic E-state index is 12.0. The number of aliphatic carboxylic acids is 1. The molecule has 0 bridgehead atoms. The third-order valence-corrected chi connectivity index (χ3v) is 3.98. The Bertz CT molecular complexity index is 443. The van der Waals surface area contributed by atoms with Crippen molar-refractivity contribution in [1.29, 1.82) is 0 Å². The summed E-state index contributed by atoms with van der Waals surface area (Å²) in [6.07, 6.45) is 1.70. The topological polar surface area (TPSA) is 116 Å². The summed E-state index contributed by atoms with van der Waals surface area (Å²) in [5.41, 5.74) is 0. The van der Waals surface area contributed by atoms with E-state index in [-0.39, 0.29) is 12.2 Å². The van der Waals surface area contributed by atoms with Crippen LogP contribution in [0.3, 0.4) is 0 Å². The summed E-state index contributed by atoms with van der Waals surface area (Å²) in [6.45, 7) is 2.54. The lowest BCUT2D eigenvalue weighted by Crippen LogP contribution is -2.49. The van der Waals surface area contributed by atoms with Crippen LogP contribution in [0, 0.1) is 0 Å². The van der Waals surface area contributed by atoms with E-state index in [4.69, 9.17) is 5.11 Å². The number of carboxylic acid groups (broad SMARTS) is 1. The highest BCUT2D eigenvalue weighted by atomic mass is 32.2. The number of carboxylic acids is 1. The highest BCUT2D eigenvalue weighted by Crippen LogP contribution is 2.01. The molecule has 0 radical (unpaired) electrons. The molecule has 2 amide bonds. The molecular formula is C11H21N3O5S. The third-order valence-electron chi connectivity index (χ3n) is 3.00. The van der Waals surface area contributed by atoms with E-state index in [1.165, 1.54) is 4.90 Å². The SMILES string of the molecule is CS(=O)(=O)CCC(NC(=O)N1CCCNCC1)C(=O)O. The first-order valence-electron chi connectivity index (χ1n) is 6.46. The summed E-state index contributed by atoms with van der Waals surface area (Å²) in [4.78, 5) is 24.6. The molecule has 1 fully saturated rings. The fourth-order valence-corrected chi connectivity index (χ4v) is 2.54. The van der Waals surface area contributed by atoms with E-state index in [0.717, 1.165) is 19.2 Å². The molecule has 20 heavy (non-hydrogen) atoms. The third kappa shape index (κ3) is 6.20. The smallest absolute Gasteiger partial charge is 0.326 e. The van der Waals surface area contributed by atoms with Crippen molar-refractivity contribution in [3.63, 3.8) is 0 Å². The number of sulfone groups is 1. The zero-order valence-electron chi connectivity index (χ0n) is 11.5. The van der Waals surface area contributed by atoms with Crippen LogP contribution in [0.4, 0.5) is 4.79 Å². The predicted octanol–water partition coefficient (Wildman–Crippen LogP) is -1.12. The molecule has 1 rings (SSSR count). The molecule has 1 aliphatic rings. The Morgan fingerprint density at radius 3 is 2.65 bits per heavy atom. The van der Waals surface area contributed by atoms with Gasteiger partial charge < -0.3 is 20.6 Å². The van der Waals surface area contributed by atoms with Crippen molar-refractivity contribution in [1.82, 2.24) is 15.5 Å². The van der Waals surface area contributed by atoms with Crippen LogP contribution in [-0.2, 0) is 14.6 Å². The maximum Gasteiger partial charge on any atom is 0.326 e. The number of carbonyl (C=O) groups is 2. The molecule has 1 saturated heterocycles. The van der Waals surface area contributed by atoms with Crippen molar-refractivity contribution in [3.05, 3.63) is 0 Å². The Morgan fingerprint density at radius 2 is 2.05 bits per heavy atom. The van der Waals surface area contributed by atoms with Crippen molar-refractivity contribution >= 4 is 21.8 Å². The highest BCUT2D eigenvalue weighted by Gasteiger charge is 2.24. The number of amides is 2. The van der Waals surface area contributed by atoms with Gasteiger partial charge in [-0.1, -0.05) is 0 Å². The number of carbonyl (C=O) groups excluding carboxylic acids is 1. The van der Waals surface area contributed by atoms with Gasteiger partial charge >= 0.3 is 12.0 Å². The highest BCUT2D eigenvalue weighted by molar-refractivity contribution is 7.90. The van der Waals surface area contributed by atoms with E-state index in [1.54, 1.807) is 0 Å². The fourth-order valence-electron chi connectivity index (χ4n) is 1.88. The number of rotatable bonds is 5. The minimum atomic E-state index is -3.26. The van der Waals surface area contributed by atoms with Crippen molar-refractivity contribution < 1.29 is 23.1 Å². The van der Waals surface area contributed by atoms with Gasteiger partial charge in [-0.15, -0.1) is 0 Å². The van der Waals surface area contributed by atoms with Crippen LogP contribution in [0.25, 0.3) is 0 Å². The number of hydrogen-bond acceptors (Lipinski definition) is 5. The molecule has 0 saturated carbocycles. The average Bonchev–Trinajstić information content (AvgIpc) is 2.61. The minimum absolute atomic E-state index is 0.133. The van der Waals surface area contributed by atoms with Gasteiger partial charge in [-0.3, -0.25) is 0 Å². The van der Waals surface area contributed by atoms with Crippen LogP contribution in [0.1, 0.15) is 12.8 Å². The largest absolute Gasteiger partial charge is 0.480 e. The van der Waals surface area contributed by atoms with E-state index in [0.29, 0.717) is 19.6 Å². The molecule has 0 spiro atoms. The number of nitrogens with one attached hydrogen (secondary N) is 2. The van der Waals surface area contributed by atoms with Gasteiger partial charge in [0.1, 0.15) is 15.9 Å². The van der Waals surface area contributed by atoms with E-state index >= 15 is 0 Å². The molecule has 1 heterocycles. The monoisotopic (exact) mass is 307 g/mol. The molecule has 1 unspecified atom stereocenters. The molecular weight excluding hydrogens is 286 g/mol. The van der Waals surface area contributed by atoms with Gasteiger partial charge in [-0.25, -0.2) is 18.0 Å². The van der Waals surface area contributed by atoms with Crippen molar-refractivity contribution in [3.8, 4) is 0 Å². The van der Waals surface area contributed by atoms with Gasteiger partial charge in [0.15, 0.2) is 0 Å². The Balaban J connectivity index is 2.55. The second kappa shape index (κ2) is 7.44. The Labute approximate surface area is 118 Å². The molecule has 1 aliphatic heterocycles. The molecule has 116 valence electrons. The zero-order valence-corrected chi connectivity index (χ0v) is 12.3. The molecule has 8 nitrogen and oxygen atoms in total. The standard InChI is InChI=1S/C11H21N3O5S/c1-20(18,19)8-3-9(10(15)16)13-11(17)14-6-2-4-12-5-7-14/h9,12H,2-8H2,1H3,(H,13,17)(H,15,16). The van der Waals surface area contributed by atoms with Gasteiger partial charge in [0, 0.05) is 25.9 Å². The van der Waals surface area contributed by atoms with Gasteiger partial charge in [-0.05, 0) is 19.4 Å². The first kappa shape index (κ1) is 16.7. The Morgan fingerprint density at radius 1 is 1.35 bits per heavy atom. The van der Waals surface area contributed by atoms with Crippen LogP contribution in [0.15, 0.2) is 0 Å². The van der Waals surface area contributed by atoms with Crippen LogP contribution >= 0.6 is 0 Å². The summed E-state index contributed by atoms with van der Waals surface area (Å²) in [5.74, 6) is -1.50. The molecule has 3 N–H and O–H groups in total. The van der Waals surface area contributed by atoms with Crippen molar-refractivity contribution in [2.24, 2.45) is 0 Å². The summed E-state index contributed by atoms with van der Waals surface area (Å²) >= 11 is 0. The molecule has 0 aromatic heterocycles. The lowest BCUT2D eigenvalue weighted by Gasteiger charge is -2.23. The molecule has 0 aliphatic carbocycles. The summed E-state index contributed by atoms with van der Waals surface area (Å²) in [5, 5.41) is 14.6. The lowest BCUT2D eigenvalue weighted by molar-refractivity contribution is -0.139. The first-order chi connectivity index (χ1) is 9.29. The van der Waals surface area contributed by atoms with Crippen LogP contribution in [0.5, 0.6) is 0 Å². The zero-order chi connectivity index (χ0) is 15.2. The lowest BCUT2D eigenvalue weighted by atomic mass is 10.2. The maximum absolute atomic E-state index is 12.0. The second-order valence-electron chi connectivity index (χ2n) is 4.85. The van der Waals surface area contributed by atoms with Gasteiger partial charge in [-0.2, -0.15) is 0 Å². The molecule has 0 aromatic rings. The Kier molecular flexibility index (Phi) is 6.21. The van der Waals surface area contributed by atoms with Crippen LogP contribution in [-0.4, -0.2) is 74.7 Å².